The van der Waals surface area contributed by atoms with Crippen LogP contribution < -0.4 is 5.32 Å². The van der Waals surface area contributed by atoms with Crippen LogP contribution in [0.3, 0.4) is 0 Å². The molecule has 1 N–H and O–H groups in total. The maximum Gasteiger partial charge on any atom is 0.269 e. The van der Waals surface area contributed by atoms with E-state index in [-0.39, 0.29) is 24.2 Å². The van der Waals surface area contributed by atoms with E-state index < -0.39 is 4.92 Å². The first-order chi connectivity index (χ1) is 11.6. The largest absolute Gasteiger partial charge is 0.352 e. The Morgan fingerprint density at radius 2 is 1.96 bits per heavy atom. The van der Waals surface area contributed by atoms with Gasteiger partial charge in [0, 0.05) is 23.7 Å². The van der Waals surface area contributed by atoms with Gasteiger partial charge >= 0.3 is 0 Å². The summed E-state index contributed by atoms with van der Waals surface area (Å²) in [5.74, 6) is 0.199. The van der Waals surface area contributed by atoms with Crippen molar-refractivity contribution in [2.24, 2.45) is 0 Å². The second-order valence-electron chi connectivity index (χ2n) is 5.85. The van der Waals surface area contributed by atoms with Gasteiger partial charge in [0.1, 0.15) is 6.54 Å². The molecule has 1 aliphatic carbocycles. The molecule has 1 fully saturated rings. The Morgan fingerprint density at radius 1 is 1.25 bits per heavy atom. The molecule has 0 atom stereocenters. The number of rotatable bonds is 5. The predicted octanol–water partition coefficient (Wildman–Crippen LogP) is 1.70. The van der Waals surface area contributed by atoms with Gasteiger partial charge in [0.2, 0.25) is 11.7 Å². The third kappa shape index (κ3) is 3.92. The number of nitrogens with zero attached hydrogens (tertiary/aromatic N) is 5. The van der Waals surface area contributed by atoms with Crippen molar-refractivity contribution in [3.8, 4) is 11.4 Å². The summed E-state index contributed by atoms with van der Waals surface area (Å²) in [7, 11) is 0. The second kappa shape index (κ2) is 7.16. The van der Waals surface area contributed by atoms with Crippen molar-refractivity contribution in [2.75, 3.05) is 0 Å². The molecule has 1 aliphatic rings. The van der Waals surface area contributed by atoms with E-state index in [0.717, 1.165) is 25.7 Å². The molecule has 0 bridgehead atoms. The quantitative estimate of drug-likeness (QED) is 0.659. The van der Waals surface area contributed by atoms with E-state index in [1.54, 1.807) is 12.1 Å². The number of nitrogens with one attached hydrogen (secondary N) is 1. The molecule has 3 rings (SSSR count). The van der Waals surface area contributed by atoms with E-state index in [4.69, 9.17) is 0 Å². The molecule has 9 heteroatoms. The number of hydrogen-bond acceptors (Lipinski definition) is 6. The van der Waals surface area contributed by atoms with Gasteiger partial charge in [-0.3, -0.25) is 14.9 Å². The normalized spacial score (nSPS) is 15.2. The Labute approximate surface area is 138 Å². The lowest BCUT2D eigenvalue weighted by molar-refractivity contribution is -0.384. The average Bonchev–Trinajstić information content (AvgIpc) is 3.04. The molecule has 0 saturated heterocycles. The van der Waals surface area contributed by atoms with E-state index >= 15 is 0 Å². The highest BCUT2D eigenvalue weighted by molar-refractivity contribution is 5.75. The lowest BCUT2D eigenvalue weighted by atomic mass is 9.95. The van der Waals surface area contributed by atoms with Gasteiger partial charge in [-0.25, -0.2) is 0 Å². The molecule has 1 saturated carbocycles. The lowest BCUT2D eigenvalue weighted by Gasteiger charge is -2.22. The van der Waals surface area contributed by atoms with Gasteiger partial charge in [-0.15, -0.1) is 10.2 Å². The first kappa shape index (κ1) is 16.0. The maximum atomic E-state index is 12.0. The highest BCUT2D eigenvalue weighted by Gasteiger charge is 2.17. The van der Waals surface area contributed by atoms with E-state index in [0.29, 0.717) is 11.4 Å². The number of non-ortho nitro benzene ring substituents is 1. The molecule has 1 aromatic carbocycles. The van der Waals surface area contributed by atoms with Gasteiger partial charge in [0.25, 0.3) is 5.69 Å². The monoisotopic (exact) mass is 330 g/mol. The number of amides is 1. The number of carbonyl (C=O) groups excluding carboxylic acids is 1. The van der Waals surface area contributed by atoms with Gasteiger partial charge in [0.05, 0.1) is 4.92 Å². The first-order valence-corrected chi connectivity index (χ1v) is 7.94. The van der Waals surface area contributed by atoms with E-state index in [1.165, 1.54) is 23.4 Å². The number of nitro groups is 1. The van der Waals surface area contributed by atoms with Crippen LogP contribution in [0, 0.1) is 10.1 Å². The summed E-state index contributed by atoms with van der Waals surface area (Å²) >= 11 is 0. The Morgan fingerprint density at radius 3 is 2.62 bits per heavy atom. The molecule has 1 heterocycles. The second-order valence-corrected chi connectivity index (χ2v) is 5.85. The van der Waals surface area contributed by atoms with Crippen LogP contribution in [0.15, 0.2) is 24.3 Å². The summed E-state index contributed by atoms with van der Waals surface area (Å²) in [6, 6.07) is 6.12. The fraction of sp³-hybridized carbons (Fsp3) is 0.467. The van der Waals surface area contributed by atoms with Crippen LogP contribution in [0.5, 0.6) is 0 Å². The fourth-order valence-corrected chi connectivity index (χ4v) is 2.81. The summed E-state index contributed by atoms with van der Waals surface area (Å²) in [6.07, 6.45) is 5.57. The molecule has 126 valence electrons. The number of hydrogen-bond donors (Lipinski definition) is 1. The predicted molar refractivity (Wildman–Crippen MR) is 84.9 cm³/mol. The molecule has 0 spiro atoms. The number of nitro benzene ring substituents is 1. The Hall–Kier alpha value is -2.84. The Bertz CT molecular complexity index is 721. The summed E-state index contributed by atoms with van der Waals surface area (Å²) in [5, 5.41) is 25.6. The van der Waals surface area contributed by atoms with Crippen LogP contribution in [0.4, 0.5) is 5.69 Å². The van der Waals surface area contributed by atoms with Crippen molar-refractivity contribution in [2.45, 2.75) is 44.7 Å². The third-order valence-electron chi connectivity index (χ3n) is 4.04. The topological polar surface area (TPSA) is 116 Å². The van der Waals surface area contributed by atoms with Crippen LogP contribution in [-0.2, 0) is 11.3 Å². The van der Waals surface area contributed by atoms with Crippen LogP contribution in [0.2, 0.25) is 0 Å². The summed E-state index contributed by atoms with van der Waals surface area (Å²) < 4.78 is 0. The fourth-order valence-electron chi connectivity index (χ4n) is 2.81. The van der Waals surface area contributed by atoms with Gasteiger partial charge in [-0.05, 0) is 30.2 Å². The molecule has 0 radical (unpaired) electrons. The first-order valence-electron chi connectivity index (χ1n) is 7.94. The molecule has 2 aromatic rings. The van der Waals surface area contributed by atoms with Crippen molar-refractivity contribution in [3.05, 3.63) is 34.4 Å². The summed E-state index contributed by atoms with van der Waals surface area (Å²) in [5.41, 5.74) is 0.609. The minimum absolute atomic E-state index is 0.00185. The molecule has 1 amide bonds. The zero-order chi connectivity index (χ0) is 16.9. The van der Waals surface area contributed by atoms with E-state index in [9.17, 15) is 14.9 Å². The van der Waals surface area contributed by atoms with Crippen LogP contribution >= 0.6 is 0 Å². The zero-order valence-corrected chi connectivity index (χ0v) is 13.1. The highest BCUT2D eigenvalue weighted by atomic mass is 16.6. The van der Waals surface area contributed by atoms with Crippen LogP contribution in [-0.4, -0.2) is 37.1 Å². The SMILES string of the molecule is O=C(Cn1nnc(-c2ccc([N+](=O)[O-])cc2)n1)NC1CCCCC1. The van der Waals surface area contributed by atoms with Crippen molar-refractivity contribution in [3.63, 3.8) is 0 Å². The van der Waals surface area contributed by atoms with Gasteiger partial charge in [0.15, 0.2) is 0 Å². The molecule has 0 unspecified atom stereocenters. The van der Waals surface area contributed by atoms with Crippen molar-refractivity contribution in [1.29, 1.82) is 0 Å². The van der Waals surface area contributed by atoms with Gasteiger partial charge < -0.3 is 5.32 Å². The summed E-state index contributed by atoms with van der Waals surface area (Å²) in [4.78, 5) is 23.4. The zero-order valence-electron chi connectivity index (χ0n) is 13.1. The number of benzene rings is 1. The van der Waals surface area contributed by atoms with E-state index in [2.05, 4.69) is 20.7 Å². The van der Waals surface area contributed by atoms with Crippen LogP contribution in [0.1, 0.15) is 32.1 Å². The van der Waals surface area contributed by atoms with E-state index in [1.807, 2.05) is 0 Å². The number of aromatic nitrogens is 4. The highest BCUT2D eigenvalue weighted by Crippen LogP contribution is 2.19. The Balaban J connectivity index is 1.60. The molecular weight excluding hydrogens is 312 g/mol. The summed E-state index contributed by atoms with van der Waals surface area (Å²) in [6.45, 7) is 0.0104. The number of tetrazole rings is 1. The van der Waals surface area contributed by atoms with Gasteiger partial charge in [-0.1, -0.05) is 19.3 Å². The molecular formula is C15H18N6O3. The number of carbonyl (C=O) groups is 1. The standard InChI is InChI=1S/C15H18N6O3/c22-14(16-12-4-2-1-3-5-12)10-20-18-15(17-19-20)11-6-8-13(9-7-11)21(23)24/h6-9,12H,1-5,10H2,(H,16,22). The van der Waals surface area contributed by atoms with Crippen molar-refractivity contribution < 1.29 is 9.72 Å². The van der Waals surface area contributed by atoms with Crippen molar-refractivity contribution in [1.82, 2.24) is 25.5 Å². The minimum Gasteiger partial charge on any atom is -0.352 e. The molecule has 9 nitrogen and oxygen atoms in total. The van der Waals surface area contributed by atoms with Crippen molar-refractivity contribution >= 4 is 11.6 Å². The van der Waals surface area contributed by atoms with Gasteiger partial charge in [-0.2, -0.15) is 4.80 Å². The average molecular weight is 330 g/mol. The maximum absolute atomic E-state index is 12.0. The molecule has 0 aliphatic heterocycles. The van der Waals surface area contributed by atoms with Crippen LogP contribution in [0.25, 0.3) is 11.4 Å². The smallest absolute Gasteiger partial charge is 0.269 e. The third-order valence-corrected chi connectivity index (χ3v) is 4.04. The minimum atomic E-state index is -0.469. The molecule has 24 heavy (non-hydrogen) atoms. The lowest BCUT2D eigenvalue weighted by Crippen LogP contribution is -2.38. The molecule has 1 aromatic heterocycles. The Kier molecular flexibility index (Phi) is 4.78.